The van der Waals surface area contributed by atoms with Gasteiger partial charge in [-0.2, -0.15) is 0 Å². The molecule has 4 rings (SSSR count). The van der Waals surface area contributed by atoms with Gasteiger partial charge in [0, 0.05) is 26.2 Å². The van der Waals surface area contributed by atoms with E-state index in [1.54, 1.807) is 0 Å². The summed E-state index contributed by atoms with van der Waals surface area (Å²) in [7, 11) is 0. The van der Waals surface area contributed by atoms with Crippen molar-refractivity contribution in [2.24, 2.45) is 17.8 Å². The maximum atomic E-state index is 12.8. The average Bonchev–Trinajstić information content (AvgIpc) is 2.82. The zero-order chi connectivity index (χ0) is 13.7. The van der Waals surface area contributed by atoms with E-state index >= 15 is 0 Å². The predicted molar refractivity (Wildman–Crippen MR) is 73.6 cm³/mol. The summed E-state index contributed by atoms with van der Waals surface area (Å²) in [6.07, 6.45) is 0. The van der Waals surface area contributed by atoms with Crippen LogP contribution in [0.4, 0.5) is 8.78 Å². The van der Waals surface area contributed by atoms with E-state index in [0.717, 1.165) is 38.0 Å². The van der Waals surface area contributed by atoms with Gasteiger partial charge in [-0.3, -0.25) is 9.80 Å². The molecule has 2 atom stereocenters. The topological polar surface area (TPSA) is 6.48 Å². The molecule has 2 heterocycles. The van der Waals surface area contributed by atoms with Crippen molar-refractivity contribution >= 4 is 0 Å². The Morgan fingerprint density at radius 3 is 2.25 bits per heavy atom. The number of rotatable bonds is 4. The molecule has 0 spiro atoms. The van der Waals surface area contributed by atoms with Crippen LogP contribution in [-0.4, -0.2) is 48.4 Å². The van der Waals surface area contributed by atoms with Crippen molar-refractivity contribution in [3.63, 3.8) is 0 Å². The van der Waals surface area contributed by atoms with Gasteiger partial charge in [0.05, 0.1) is 13.1 Å². The van der Waals surface area contributed by atoms with Crippen molar-refractivity contribution in [3.05, 3.63) is 35.9 Å². The standard InChI is InChI=1S/C16H20F2N2/c17-16(18)10-20(11-16)9-15-13-7-19(8-14(13)15)6-12-4-2-1-3-5-12/h1-5,13-15H,6-11H2. The summed E-state index contributed by atoms with van der Waals surface area (Å²) >= 11 is 0. The van der Waals surface area contributed by atoms with Gasteiger partial charge in [-0.1, -0.05) is 30.3 Å². The van der Waals surface area contributed by atoms with Gasteiger partial charge in [0.25, 0.3) is 5.92 Å². The molecule has 2 saturated heterocycles. The van der Waals surface area contributed by atoms with Crippen LogP contribution < -0.4 is 0 Å². The van der Waals surface area contributed by atoms with E-state index in [0.29, 0.717) is 5.92 Å². The Balaban J connectivity index is 1.23. The molecule has 2 nitrogen and oxygen atoms in total. The Kier molecular flexibility index (Phi) is 2.86. The van der Waals surface area contributed by atoms with Crippen LogP contribution in [0.5, 0.6) is 0 Å². The number of likely N-dealkylation sites (tertiary alicyclic amines) is 2. The van der Waals surface area contributed by atoms with Crippen LogP contribution in [0.1, 0.15) is 5.56 Å². The van der Waals surface area contributed by atoms with Crippen molar-refractivity contribution in [2.45, 2.75) is 12.5 Å². The van der Waals surface area contributed by atoms with Gasteiger partial charge in [-0.15, -0.1) is 0 Å². The van der Waals surface area contributed by atoms with Gasteiger partial charge < -0.3 is 0 Å². The first-order chi connectivity index (χ1) is 9.61. The van der Waals surface area contributed by atoms with Crippen LogP contribution in [0.25, 0.3) is 0 Å². The minimum absolute atomic E-state index is 0.0172. The molecule has 2 unspecified atom stereocenters. The highest BCUT2D eigenvalue weighted by Gasteiger charge is 2.57. The fourth-order valence-corrected chi connectivity index (χ4v) is 4.01. The monoisotopic (exact) mass is 278 g/mol. The molecule has 2 aliphatic heterocycles. The van der Waals surface area contributed by atoms with E-state index in [1.807, 2.05) is 11.0 Å². The predicted octanol–water partition coefficient (Wildman–Crippen LogP) is 2.32. The number of alkyl halides is 2. The quantitative estimate of drug-likeness (QED) is 0.834. The second-order valence-electron chi connectivity index (χ2n) is 6.70. The molecule has 0 N–H and O–H groups in total. The first kappa shape index (κ1) is 12.7. The molecule has 0 amide bonds. The Morgan fingerprint density at radius 2 is 1.65 bits per heavy atom. The largest absolute Gasteiger partial charge is 0.298 e. The van der Waals surface area contributed by atoms with Crippen LogP contribution in [-0.2, 0) is 6.54 Å². The molecular weight excluding hydrogens is 258 g/mol. The number of fused-ring (bicyclic) bond motifs is 1. The lowest BCUT2D eigenvalue weighted by atomic mass is 10.1. The third-order valence-corrected chi connectivity index (χ3v) is 5.07. The Bertz CT molecular complexity index is 471. The van der Waals surface area contributed by atoms with Gasteiger partial charge in [-0.05, 0) is 23.3 Å². The number of piperidine rings is 1. The third-order valence-electron chi connectivity index (χ3n) is 5.07. The Morgan fingerprint density at radius 1 is 1.00 bits per heavy atom. The molecule has 0 radical (unpaired) electrons. The van der Waals surface area contributed by atoms with Crippen LogP contribution in [0, 0.1) is 17.8 Å². The van der Waals surface area contributed by atoms with E-state index in [-0.39, 0.29) is 13.1 Å². The minimum atomic E-state index is -2.41. The summed E-state index contributed by atoms with van der Waals surface area (Å²) in [6.45, 7) is 4.18. The number of benzene rings is 1. The maximum absolute atomic E-state index is 12.8. The highest BCUT2D eigenvalue weighted by Crippen LogP contribution is 2.52. The highest BCUT2D eigenvalue weighted by atomic mass is 19.3. The Hall–Kier alpha value is -1.00. The van der Waals surface area contributed by atoms with Crippen molar-refractivity contribution in [1.29, 1.82) is 0 Å². The SMILES string of the molecule is FC1(F)CN(CC2C3CN(Cc4ccccc4)CC32)C1. The molecule has 4 heteroatoms. The van der Waals surface area contributed by atoms with E-state index < -0.39 is 5.92 Å². The van der Waals surface area contributed by atoms with E-state index in [9.17, 15) is 8.78 Å². The molecular formula is C16H20F2N2. The average molecular weight is 278 g/mol. The number of nitrogens with zero attached hydrogens (tertiary/aromatic N) is 2. The minimum Gasteiger partial charge on any atom is -0.298 e. The molecule has 1 aliphatic carbocycles. The van der Waals surface area contributed by atoms with Crippen molar-refractivity contribution in [2.75, 3.05) is 32.7 Å². The molecule has 0 bridgehead atoms. The number of hydrogen-bond donors (Lipinski definition) is 0. The summed E-state index contributed by atoms with van der Waals surface area (Å²) < 4.78 is 25.6. The van der Waals surface area contributed by atoms with Gasteiger partial charge in [0.2, 0.25) is 0 Å². The summed E-state index contributed by atoms with van der Waals surface area (Å²) in [4.78, 5) is 4.43. The molecule has 20 heavy (non-hydrogen) atoms. The van der Waals surface area contributed by atoms with Crippen LogP contribution >= 0.6 is 0 Å². The lowest BCUT2D eigenvalue weighted by Crippen LogP contribution is -2.56. The summed E-state index contributed by atoms with van der Waals surface area (Å²) in [6, 6.07) is 10.6. The molecule has 0 aromatic heterocycles. The Labute approximate surface area is 118 Å². The van der Waals surface area contributed by atoms with Crippen molar-refractivity contribution in [1.82, 2.24) is 9.80 Å². The van der Waals surface area contributed by atoms with E-state index in [1.165, 1.54) is 5.56 Å². The van der Waals surface area contributed by atoms with Gasteiger partial charge in [-0.25, -0.2) is 8.78 Å². The fourth-order valence-electron chi connectivity index (χ4n) is 4.01. The van der Waals surface area contributed by atoms with E-state index in [4.69, 9.17) is 0 Å². The highest BCUT2D eigenvalue weighted by molar-refractivity contribution is 5.16. The fraction of sp³-hybridized carbons (Fsp3) is 0.625. The molecule has 3 fully saturated rings. The lowest BCUT2D eigenvalue weighted by molar-refractivity contribution is -0.132. The van der Waals surface area contributed by atoms with Gasteiger partial charge >= 0.3 is 0 Å². The first-order valence-electron chi connectivity index (χ1n) is 7.47. The first-order valence-corrected chi connectivity index (χ1v) is 7.47. The van der Waals surface area contributed by atoms with Crippen LogP contribution in [0.15, 0.2) is 30.3 Å². The third kappa shape index (κ3) is 2.35. The maximum Gasteiger partial charge on any atom is 0.272 e. The normalized spacial score (nSPS) is 35.6. The lowest BCUT2D eigenvalue weighted by Gasteiger charge is -2.39. The molecule has 108 valence electrons. The smallest absolute Gasteiger partial charge is 0.272 e. The summed E-state index contributed by atoms with van der Waals surface area (Å²) in [5, 5.41) is 0. The van der Waals surface area contributed by atoms with Crippen LogP contribution in [0.2, 0.25) is 0 Å². The molecule has 1 aromatic rings. The molecule has 1 saturated carbocycles. The summed E-state index contributed by atoms with van der Waals surface area (Å²) in [5.41, 5.74) is 1.37. The van der Waals surface area contributed by atoms with E-state index in [2.05, 4.69) is 29.2 Å². The van der Waals surface area contributed by atoms with Crippen molar-refractivity contribution < 1.29 is 8.78 Å². The zero-order valence-corrected chi connectivity index (χ0v) is 11.5. The van der Waals surface area contributed by atoms with Gasteiger partial charge in [0.15, 0.2) is 0 Å². The number of halogens is 2. The van der Waals surface area contributed by atoms with Crippen LogP contribution in [0.3, 0.4) is 0 Å². The van der Waals surface area contributed by atoms with Gasteiger partial charge in [0.1, 0.15) is 0 Å². The molecule has 3 aliphatic rings. The summed E-state index contributed by atoms with van der Waals surface area (Å²) in [5.74, 6) is -0.220. The second kappa shape index (κ2) is 4.50. The van der Waals surface area contributed by atoms with Crippen molar-refractivity contribution in [3.8, 4) is 0 Å². The number of hydrogen-bond acceptors (Lipinski definition) is 2. The molecule has 1 aromatic carbocycles. The second-order valence-corrected chi connectivity index (χ2v) is 6.70. The zero-order valence-electron chi connectivity index (χ0n) is 11.5.